The molecule has 4 aromatic rings. The molecular formula is C30H29N3O4. The highest BCUT2D eigenvalue weighted by Crippen LogP contribution is 2.23. The van der Waals surface area contributed by atoms with Gasteiger partial charge in [-0.05, 0) is 46.5 Å². The van der Waals surface area contributed by atoms with Gasteiger partial charge in [0.05, 0.1) is 0 Å². The number of rotatable bonds is 11. The van der Waals surface area contributed by atoms with E-state index in [0.29, 0.717) is 19.6 Å². The topological polar surface area (TPSA) is 104 Å². The predicted octanol–water partition coefficient (Wildman–Crippen LogP) is 4.50. The fraction of sp³-hybridized carbons (Fsp3) is 0.133. The van der Waals surface area contributed by atoms with Crippen molar-refractivity contribution in [1.82, 2.24) is 15.8 Å². The number of pyridine rings is 1. The van der Waals surface area contributed by atoms with Crippen molar-refractivity contribution < 1.29 is 19.8 Å². The van der Waals surface area contributed by atoms with Gasteiger partial charge in [0, 0.05) is 36.5 Å². The number of benzene rings is 3. The van der Waals surface area contributed by atoms with Gasteiger partial charge >= 0.3 is 0 Å². The molecule has 3 aromatic carbocycles. The van der Waals surface area contributed by atoms with Gasteiger partial charge in [-0.25, -0.2) is 5.48 Å². The highest BCUT2D eigenvalue weighted by Gasteiger charge is 2.07. The Labute approximate surface area is 216 Å². The molecule has 1 aromatic heterocycles. The Hall–Kier alpha value is -4.30. The van der Waals surface area contributed by atoms with Crippen molar-refractivity contribution in [1.29, 1.82) is 0 Å². The molecule has 188 valence electrons. The van der Waals surface area contributed by atoms with E-state index in [1.165, 1.54) is 6.08 Å². The molecule has 4 rings (SSSR count). The smallest absolute Gasteiger partial charge is 0.267 e. The van der Waals surface area contributed by atoms with Crippen molar-refractivity contribution in [2.75, 3.05) is 0 Å². The first-order valence-corrected chi connectivity index (χ1v) is 11.9. The fourth-order valence-corrected chi connectivity index (χ4v) is 3.66. The molecule has 0 spiro atoms. The van der Waals surface area contributed by atoms with Crippen LogP contribution in [0, 0.1) is 0 Å². The van der Waals surface area contributed by atoms with Gasteiger partial charge < -0.3 is 9.84 Å². The summed E-state index contributed by atoms with van der Waals surface area (Å²) in [6, 6.07) is 29.3. The Kier molecular flexibility index (Phi) is 9.15. The normalized spacial score (nSPS) is 11.8. The Morgan fingerprint density at radius 2 is 1.62 bits per heavy atom. The number of aliphatic hydroxyl groups is 1. The predicted molar refractivity (Wildman–Crippen MR) is 142 cm³/mol. The maximum atomic E-state index is 11.1. The summed E-state index contributed by atoms with van der Waals surface area (Å²) in [6.07, 6.45) is 4.44. The number of carbonyl (C=O) groups is 1. The lowest BCUT2D eigenvalue weighted by molar-refractivity contribution is -0.124. The van der Waals surface area contributed by atoms with Gasteiger partial charge in [0.2, 0.25) is 0 Å². The number of carbonyl (C=O) groups excluding carboxylic acids is 1. The van der Waals surface area contributed by atoms with Gasteiger partial charge in [0.1, 0.15) is 18.6 Å². The number of aliphatic hydroxyl groups excluding tert-OH is 1. The molecule has 0 aliphatic carbocycles. The second kappa shape index (κ2) is 13.1. The largest absolute Gasteiger partial charge is 0.489 e. The third kappa shape index (κ3) is 8.12. The van der Waals surface area contributed by atoms with Gasteiger partial charge in [0.15, 0.2) is 0 Å². The van der Waals surface area contributed by atoms with Gasteiger partial charge in [-0.2, -0.15) is 0 Å². The second-order valence-corrected chi connectivity index (χ2v) is 8.49. The highest BCUT2D eigenvalue weighted by atomic mass is 16.5. The Bertz CT molecular complexity index is 1290. The molecule has 7 heteroatoms. The quantitative estimate of drug-likeness (QED) is 0.106. The summed E-state index contributed by atoms with van der Waals surface area (Å²) in [5.74, 6) is 0.178. The average Bonchev–Trinajstić information content (AvgIpc) is 2.95. The molecule has 0 saturated heterocycles. The minimum Gasteiger partial charge on any atom is -0.489 e. The van der Waals surface area contributed by atoms with Crippen LogP contribution in [0.5, 0.6) is 5.75 Å². The first-order valence-electron chi connectivity index (χ1n) is 11.9. The lowest BCUT2D eigenvalue weighted by atomic mass is 10.1. The molecule has 0 aliphatic rings. The third-order valence-corrected chi connectivity index (χ3v) is 5.72. The molecule has 1 heterocycles. The maximum Gasteiger partial charge on any atom is 0.267 e. The summed E-state index contributed by atoms with van der Waals surface area (Å²) in [6.45, 7) is 1.01. The van der Waals surface area contributed by atoms with E-state index in [4.69, 9.17) is 9.94 Å². The number of amides is 1. The number of aromatic nitrogens is 1. The molecule has 0 bridgehead atoms. The lowest BCUT2D eigenvalue weighted by Gasteiger charge is -2.13. The van der Waals surface area contributed by atoms with Crippen LogP contribution in [0.1, 0.15) is 22.4 Å². The summed E-state index contributed by atoms with van der Waals surface area (Å²) < 4.78 is 5.89. The van der Waals surface area contributed by atoms with Crippen LogP contribution in [0.25, 0.3) is 17.2 Å². The number of nitrogens with zero attached hydrogens (tertiary/aromatic N) is 1. The monoisotopic (exact) mass is 495 g/mol. The van der Waals surface area contributed by atoms with Crippen LogP contribution in [0.4, 0.5) is 0 Å². The van der Waals surface area contributed by atoms with Crippen LogP contribution in [0.3, 0.4) is 0 Å². The molecule has 1 unspecified atom stereocenters. The van der Waals surface area contributed by atoms with E-state index in [1.54, 1.807) is 11.6 Å². The fourth-order valence-electron chi connectivity index (χ4n) is 3.66. The number of nitrogens with one attached hydrogen (secondary N) is 2. The zero-order valence-corrected chi connectivity index (χ0v) is 20.2. The van der Waals surface area contributed by atoms with Gasteiger partial charge in [-0.3, -0.25) is 20.3 Å². The number of hydrogen-bond acceptors (Lipinski definition) is 6. The van der Waals surface area contributed by atoms with E-state index >= 15 is 0 Å². The SMILES string of the molecule is O=C(/C=C/c1ccc(COc2ccc(-c3ccc(CC(O)NCc4ccccc4)nc3)cc2)cc1)NO. The van der Waals surface area contributed by atoms with E-state index in [2.05, 4.69) is 10.3 Å². The second-order valence-electron chi connectivity index (χ2n) is 8.49. The Balaban J connectivity index is 1.25. The molecule has 1 atom stereocenters. The van der Waals surface area contributed by atoms with Crippen molar-refractivity contribution >= 4 is 12.0 Å². The summed E-state index contributed by atoms with van der Waals surface area (Å²) >= 11 is 0. The van der Waals surface area contributed by atoms with Crippen molar-refractivity contribution in [3.63, 3.8) is 0 Å². The van der Waals surface area contributed by atoms with Crippen molar-refractivity contribution in [2.45, 2.75) is 25.8 Å². The van der Waals surface area contributed by atoms with E-state index in [-0.39, 0.29) is 0 Å². The lowest BCUT2D eigenvalue weighted by Crippen LogP contribution is -2.30. The molecule has 37 heavy (non-hydrogen) atoms. The first kappa shape index (κ1) is 25.8. The zero-order chi connectivity index (χ0) is 25.9. The third-order valence-electron chi connectivity index (χ3n) is 5.72. The number of hydrogen-bond donors (Lipinski definition) is 4. The van der Waals surface area contributed by atoms with E-state index < -0.39 is 12.1 Å². The number of ether oxygens (including phenoxy) is 1. The van der Waals surface area contributed by atoms with Crippen LogP contribution in [-0.4, -0.2) is 27.4 Å². The van der Waals surface area contributed by atoms with Crippen LogP contribution < -0.4 is 15.5 Å². The molecule has 4 N–H and O–H groups in total. The zero-order valence-electron chi connectivity index (χ0n) is 20.2. The van der Waals surface area contributed by atoms with Crippen LogP contribution >= 0.6 is 0 Å². The average molecular weight is 496 g/mol. The summed E-state index contributed by atoms with van der Waals surface area (Å²) in [5.41, 5.74) is 7.34. The maximum absolute atomic E-state index is 11.1. The van der Waals surface area contributed by atoms with Gasteiger partial charge in [0.25, 0.3) is 5.91 Å². The van der Waals surface area contributed by atoms with Crippen LogP contribution in [0.2, 0.25) is 0 Å². The molecular weight excluding hydrogens is 466 g/mol. The minimum atomic E-state index is -0.671. The van der Waals surface area contributed by atoms with E-state index in [9.17, 15) is 9.90 Å². The molecule has 7 nitrogen and oxygen atoms in total. The van der Waals surface area contributed by atoms with Crippen molar-refractivity contribution in [3.05, 3.63) is 126 Å². The molecule has 0 saturated carbocycles. The molecule has 0 fully saturated rings. The van der Waals surface area contributed by atoms with E-state index in [1.807, 2.05) is 97.2 Å². The van der Waals surface area contributed by atoms with Gasteiger partial charge in [-0.15, -0.1) is 0 Å². The van der Waals surface area contributed by atoms with E-state index in [0.717, 1.165) is 39.3 Å². The van der Waals surface area contributed by atoms with Crippen molar-refractivity contribution in [2.24, 2.45) is 0 Å². The van der Waals surface area contributed by atoms with Crippen molar-refractivity contribution in [3.8, 4) is 16.9 Å². The molecule has 1 amide bonds. The van der Waals surface area contributed by atoms with Gasteiger partial charge in [-0.1, -0.05) is 72.8 Å². The van der Waals surface area contributed by atoms with Crippen LogP contribution in [0.15, 0.2) is 103 Å². The number of hydroxylamine groups is 1. The molecule has 0 aliphatic heterocycles. The summed E-state index contributed by atoms with van der Waals surface area (Å²) in [7, 11) is 0. The summed E-state index contributed by atoms with van der Waals surface area (Å²) in [4.78, 5) is 15.6. The highest BCUT2D eigenvalue weighted by molar-refractivity contribution is 5.90. The summed E-state index contributed by atoms with van der Waals surface area (Å²) in [5, 5.41) is 21.9. The Morgan fingerprint density at radius 3 is 2.30 bits per heavy atom. The van der Waals surface area contributed by atoms with Crippen LogP contribution in [-0.2, 0) is 24.4 Å². The minimum absolute atomic E-state index is 0.414. The molecule has 0 radical (unpaired) electrons. The first-order chi connectivity index (χ1) is 18.1. The standard InChI is InChI=1S/C30H29N3O4/c34-29(33-36)17-10-22-6-8-24(9-7-22)21-37-28-15-12-25(13-16-28)26-11-14-27(31-20-26)18-30(35)32-19-23-4-2-1-3-5-23/h1-17,20,30,32,35-36H,18-19,21H2,(H,33,34)/b17-10+. The Morgan fingerprint density at radius 1 is 0.892 bits per heavy atom.